The molecule has 0 spiro atoms. The van der Waals surface area contributed by atoms with Gasteiger partial charge in [0, 0.05) is 41.6 Å². The molecule has 0 saturated heterocycles. The second-order valence-corrected chi connectivity index (χ2v) is 8.57. The van der Waals surface area contributed by atoms with E-state index in [9.17, 15) is 18.0 Å². The van der Waals surface area contributed by atoms with Crippen molar-refractivity contribution in [1.82, 2.24) is 20.3 Å². The maximum atomic E-state index is 14.0. The summed E-state index contributed by atoms with van der Waals surface area (Å²) >= 11 is 0. The van der Waals surface area contributed by atoms with E-state index >= 15 is 0 Å². The maximum absolute atomic E-state index is 14.0. The molecule has 1 amide bonds. The first-order chi connectivity index (χ1) is 17.1. The molecular formula is C24H27F3N6O3. The van der Waals surface area contributed by atoms with Crippen LogP contribution < -0.4 is 20.7 Å². The van der Waals surface area contributed by atoms with Gasteiger partial charge >= 0.3 is 12.3 Å². The number of aromatic amines is 1. The Morgan fingerprint density at radius 1 is 1.25 bits per heavy atom. The molecule has 1 aliphatic rings. The third kappa shape index (κ3) is 5.02. The summed E-state index contributed by atoms with van der Waals surface area (Å²) in [4.78, 5) is 22.9. The molecule has 0 saturated carbocycles. The number of carbonyl (C=O) groups excluding carboxylic acids is 1. The number of methoxy groups -OCH3 is 2. The molecule has 36 heavy (non-hydrogen) atoms. The van der Waals surface area contributed by atoms with E-state index in [1.54, 1.807) is 6.07 Å². The lowest BCUT2D eigenvalue weighted by molar-refractivity contribution is -0.137. The Bertz CT molecular complexity index is 1300. The number of halogens is 3. The summed E-state index contributed by atoms with van der Waals surface area (Å²) in [5.74, 6) is 0.551. The highest BCUT2D eigenvalue weighted by Gasteiger charge is 2.36. The zero-order valence-electron chi connectivity index (χ0n) is 20.2. The van der Waals surface area contributed by atoms with Gasteiger partial charge in [-0.05, 0) is 31.4 Å². The predicted molar refractivity (Wildman–Crippen MR) is 130 cm³/mol. The van der Waals surface area contributed by atoms with Crippen LogP contribution in [0.1, 0.15) is 25.8 Å². The summed E-state index contributed by atoms with van der Waals surface area (Å²) in [5, 5.41) is 9.44. The molecule has 3 aromatic rings. The number of fused-ring (bicyclic) bond motifs is 1. The Balaban J connectivity index is 1.77. The first-order valence-electron chi connectivity index (χ1n) is 11.3. The highest BCUT2D eigenvalue weighted by atomic mass is 19.4. The van der Waals surface area contributed by atoms with Crippen molar-refractivity contribution in [1.29, 1.82) is 0 Å². The highest BCUT2D eigenvalue weighted by Crippen LogP contribution is 2.42. The monoisotopic (exact) mass is 504 g/mol. The number of H-pyrrole nitrogens is 1. The Hall–Kier alpha value is -3.96. The van der Waals surface area contributed by atoms with Gasteiger partial charge in [-0.25, -0.2) is 14.8 Å². The zero-order valence-corrected chi connectivity index (χ0v) is 20.2. The van der Waals surface area contributed by atoms with Crippen molar-refractivity contribution in [2.75, 3.05) is 31.4 Å². The van der Waals surface area contributed by atoms with Gasteiger partial charge in [0.15, 0.2) is 5.75 Å². The van der Waals surface area contributed by atoms with Crippen molar-refractivity contribution >= 4 is 28.6 Å². The van der Waals surface area contributed by atoms with Gasteiger partial charge < -0.3 is 25.1 Å². The number of ether oxygens (including phenoxy) is 2. The molecule has 0 fully saturated rings. The summed E-state index contributed by atoms with van der Waals surface area (Å²) in [6.07, 6.45) is -0.252. The van der Waals surface area contributed by atoms with Crippen LogP contribution in [0.15, 0.2) is 36.3 Å². The first kappa shape index (κ1) is 25.1. The predicted octanol–water partition coefficient (Wildman–Crippen LogP) is 5.14. The third-order valence-electron chi connectivity index (χ3n) is 6.18. The Morgan fingerprint density at radius 2 is 2.03 bits per heavy atom. The average molecular weight is 505 g/mol. The number of nitrogens with zero attached hydrogens (tertiary/aromatic N) is 2. The molecule has 0 bridgehead atoms. The Labute approximate surface area is 205 Å². The lowest BCUT2D eigenvalue weighted by Crippen LogP contribution is -2.36. The van der Waals surface area contributed by atoms with E-state index in [2.05, 4.69) is 48.6 Å². The van der Waals surface area contributed by atoms with Crippen LogP contribution in [0.4, 0.5) is 29.6 Å². The molecule has 192 valence electrons. The van der Waals surface area contributed by atoms with Gasteiger partial charge in [0.05, 0.1) is 31.1 Å². The van der Waals surface area contributed by atoms with E-state index in [0.29, 0.717) is 23.1 Å². The SMILES string of the molecule is COC(=O)Nc1ccc2c(-c3nc(N[C@@H]4CNC(C)=CC[C@H]4C)ncc3C(F)(F)F)c[nH]c2c1OC. The Morgan fingerprint density at radius 3 is 2.72 bits per heavy atom. The third-order valence-corrected chi connectivity index (χ3v) is 6.18. The molecule has 3 heterocycles. The van der Waals surface area contributed by atoms with Crippen molar-refractivity contribution < 1.29 is 27.4 Å². The number of nitrogens with one attached hydrogen (secondary N) is 4. The van der Waals surface area contributed by atoms with Crippen molar-refractivity contribution in [2.24, 2.45) is 5.92 Å². The fourth-order valence-corrected chi connectivity index (χ4v) is 4.13. The zero-order chi connectivity index (χ0) is 26.0. The average Bonchev–Trinajstić information content (AvgIpc) is 3.21. The fraction of sp³-hybridized carbons (Fsp3) is 0.375. The number of allylic oxidation sites excluding steroid dienone is 2. The van der Waals surface area contributed by atoms with E-state index in [-0.39, 0.29) is 34.9 Å². The van der Waals surface area contributed by atoms with Crippen molar-refractivity contribution in [3.8, 4) is 17.0 Å². The van der Waals surface area contributed by atoms with Gasteiger partial charge in [-0.1, -0.05) is 13.0 Å². The minimum absolute atomic E-state index is 0.0849. The van der Waals surface area contributed by atoms with Gasteiger partial charge in [0.25, 0.3) is 0 Å². The Kier molecular flexibility index (Phi) is 6.95. The van der Waals surface area contributed by atoms with Crippen LogP contribution in [-0.4, -0.2) is 47.9 Å². The molecule has 2 atom stereocenters. The van der Waals surface area contributed by atoms with Crippen molar-refractivity contribution in [2.45, 2.75) is 32.5 Å². The van der Waals surface area contributed by atoms with E-state index in [1.807, 2.05) is 6.92 Å². The number of aromatic nitrogens is 3. The molecule has 0 radical (unpaired) electrons. The van der Waals surface area contributed by atoms with Gasteiger partial charge in [0.1, 0.15) is 5.56 Å². The molecule has 4 N–H and O–H groups in total. The number of hydrogen-bond acceptors (Lipinski definition) is 7. The number of carbonyl (C=O) groups is 1. The van der Waals surface area contributed by atoms with Crippen LogP contribution in [0.5, 0.6) is 5.75 Å². The van der Waals surface area contributed by atoms with Crippen LogP contribution in [0, 0.1) is 5.92 Å². The standard InChI is InChI=1S/C24H27F3N6O3/c1-12-5-6-13(2)28-11-18(12)31-22-30-10-16(24(25,26)27)19(33-22)15-9-29-20-14(15)7-8-17(21(20)35-3)32-23(34)36-4/h6-10,12,18,28-29H,5,11H2,1-4H3,(H,32,34)(H,30,31,33)/t12-,18-/m1/s1. The summed E-state index contributed by atoms with van der Waals surface area (Å²) in [7, 11) is 2.61. The highest BCUT2D eigenvalue weighted by molar-refractivity contribution is 6.03. The topological polar surface area (TPSA) is 113 Å². The molecule has 1 aromatic carbocycles. The number of amides is 1. The molecular weight excluding hydrogens is 477 g/mol. The van der Waals surface area contributed by atoms with Crippen molar-refractivity contribution in [3.63, 3.8) is 0 Å². The normalized spacial score (nSPS) is 18.1. The first-order valence-corrected chi connectivity index (χ1v) is 11.3. The number of alkyl halides is 3. The second kappa shape index (κ2) is 9.96. The van der Waals surface area contributed by atoms with E-state index in [1.165, 1.54) is 26.5 Å². The van der Waals surface area contributed by atoms with Gasteiger partial charge in [-0.15, -0.1) is 0 Å². The molecule has 1 aliphatic heterocycles. The molecule has 0 aliphatic carbocycles. The second-order valence-electron chi connectivity index (χ2n) is 8.57. The lowest BCUT2D eigenvalue weighted by Gasteiger charge is -2.23. The van der Waals surface area contributed by atoms with Crippen LogP contribution in [-0.2, 0) is 10.9 Å². The maximum Gasteiger partial charge on any atom is 0.419 e. The van der Waals surface area contributed by atoms with E-state index < -0.39 is 17.8 Å². The summed E-state index contributed by atoms with van der Waals surface area (Å²) < 4.78 is 51.9. The van der Waals surface area contributed by atoms with E-state index in [0.717, 1.165) is 18.3 Å². The number of rotatable bonds is 5. The largest absolute Gasteiger partial charge is 0.492 e. The number of hydrogen-bond donors (Lipinski definition) is 4. The molecule has 0 unspecified atom stereocenters. The van der Waals surface area contributed by atoms with E-state index in [4.69, 9.17) is 4.74 Å². The van der Waals surface area contributed by atoms with Crippen LogP contribution >= 0.6 is 0 Å². The lowest BCUT2D eigenvalue weighted by atomic mass is 9.99. The fourth-order valence-electron chi connectivity index (χ4n) is 4.13. The molecule has 4 rings (SSSR count). The minimum atomic E-state index is -4.67. The number of benzene rings is 1. The molecule has 12 heteroatoms. The summed E-state index contributed by atoms with van der Waals surface area (Å²) in [6, 6.07) is 3.02. The summed E-state index contributed by atoms with van der Waals surface area (Å²) in [5.41, 5.74) is 0.722. The smallest absolute Gasteiger partial charge is 0.419 e. The minimum Gasteiger partial charge on any atom is -0.492 e. The molecule has 2 aromatic heterocycles. The van der Waals surface area contributed by atoms with Gasteiger partial charge in [-0.3, -0.25) is 5.32 Å². The van der Waals surface area contributed by atoms with Crippen LogP contribution in [0.25, 0.3) is 22.2 Å². The van der Waals surface area contributed by atoms with Crippen LogP contribution in [0.2, 0.25) is 0 Å². The van der Waals surface area contributed by atoms with Gasteiger partial charge in [0.2, 0.25) is 5.95 Å². The van der Waals surface area contributed by atoms with Gasteiger partial charge in [-0.2, -0.15) is 13.2 Å². The van der Waals surface area contributed by atoms with Crippen LogP contribution in [0.3, 0.4) is 0 Å². The van der Waals surface area contributed by atoms with Crippen molar-refractivity contribution in [3.05, 3.63) is 41.9 Å². The summed E-state index contributed by atoms with van der Waals surface area (Å²) in [6.45, 7) is 4.62. The molecule has 9 nitrogen and oxygen atoms in total. The quantitative estimate of drug-likeness (QED) is 0.380. The number of anilines is 2.